The van der Waals surface area contributed by atoms with Crippen LogP contribution >= 0.6 is 11.3 Å². The molecule has 1 amide bonds. The van der Waals surface area contributed by atoms with Gasteiger partial charge in [0.2, 0.25) is 5.91 Å². The molecule has 186 valence electrons. The lowest BCUT2D eigenvalue weighted by atomic mass is 10.00. The van der Waals surface area contributed by atoms with Crippen LogP contribution in [-0.2, 0) is 11.2 Å². The van der Waals surface area contributed by atoms with E-state index >= 15 is 0 Å². The number of carbonyl (C=O) groups is 1. The van der Waals surface area contributed by atoms with Crippen LogP contribution in [0.5, 0.6) is 5.75 Å². The second-order valence-electron chi connectivity index (χ2n) is 9.14. The molecule has 3 rings (SSSR count). The van der Waals surface area contributed by atoms with Gasteiger partial charge in [0.15, 0.2) is 0 Å². The second kappa shape index (κ2) is 13.0. The molecule has 1 N–H and O–H groups in total. The van der Waals surface area contributed by atoms with E-state index in [1.165, 1.54) is 17.0 Å². The van der Waals surface area contributed by atoms with Gasteiger partial charge in [-0.2, -0.15) is 0 Å². The normalized spacial score (nSPS) is 17.3. The van der Waals surface area contributed by atoms with Crippen LogP contribution in [0.25, 0.3) is 0 Å². The van der Waals surface area contributed by atoms with E-state index < -0.39 is 6.10 Å². The SMILES string of the molecule is C=CCC[C@H](O)CN(CC(=O)N1CCc2sccc2[C@@H]1COc1ccc(F)cc1)C[C@H](C)CC. The lowest BCUT2D eigenvalue weighted by molar-refractivity contribution is -0.136. The van der Waals surface area contributed by atoms with Crippen molar-refractivity contribution in [1.29, 1.82) is 0 Å². The van der Waals surface area contributed by atoms with E-state index in [4.69, 9.17) is 4.74 Å². The Hall–Kier alpha value is -2.22. The minimum absolute atomic E-state index is 0.0452. The van der Waals surface area contributed by atoms with Crippen molar-refractivity contribution < 1.29 is 19.0 Å². The highest BCUT2D eigenvalue weighted by molar-refractivity contribution is 7.10. The van der Waals surface area contributed by atoms with Crippen molar-refractivity contribution in [3.8, 4) is 5.75 Å². The van der Waals surface area contributed by atoms with Gasteiger partial charge in [0, 0.05) is 24.5 Å². The van der Waals surface area contributed by atoms with Crippen LogP contribution in [0, 0.1) is 11.7 Å². The maximum atomic E-state index is 13.6. The molecule has 0 spiro atoms. The third-order valence-electron chi connectivity index (χ3n) is 6.44. The monoisotopic (exact) mass is 488 g/mol. The van der Waals surface area contributed by atoms with Gasteiger partial charge >= 0.3 is 0 Å². The quantitative estimate of drug-likeness (QED) is 0.400. The zero-order chi connectivity index (χ0) is 24.5. The molecule has 0 saturated heterocycles. The maximum Gasteiger partial charge on any atom is 0.237 e. The van der Waals surface area contributed by atoms with Crippen LogP contribution in [-0.4, -0.2) is 59.7 Å². The molecular formula is C27H37FN2O3S. The molecule has 34 heavy (non-hydrogen) atoms. The number of thiophene rings is 1. The molecule has 0 bridgehead atoms. The molecule has 1 aromatic heterocycles. The lowest BCUT2D eigenvalue weighted by Gasteiger charge is -2.37. The van der Waals surface area contributed by atoms with Gasteiger partial charge in [-0.3, -0.25) is 9.69 Å². The van der Waals surface area contributed by atoms with Crippen LogP contribution in [0.15, 0.2) is 48.4 Å². The Balaban J connectivity index is 1.71. The molecule has 1 aliphatic heterocycles. The van der Waals surface area contributed by atoms with E-state index in [1.807, 2.05) is 11.0 Å². The number of halogens is 1. The minimum Gasteiger partial charge on any atom is -0.491 e. The summed E-state index contributed by atoms with van der Waals surface area (Å²) in [7, 11) is 0. The van der Waals surface area contributed by atoms with Gasteiger partial charge < -0.3 is 14.7 Å². The topological polar surface area (TPSA) is 53.0 Å². The average molecular weight is 489 g/mol. The van der Waals surface area contributed by atoms with Crippen LogP contribution < -0.4 is 4.74 Å². The van der Waals surface area contributed by atoms with Gasteiger partial charge in [0.1, 0.15) is 18.2 Å². The van der Waals surface area contributed by atoms with Crippen LogP contribution in [0.2, 0.25) is 0 Å². The number of ether oxygens (including phenoxy) is 1. The summed E-state index contributed by atoms with van der Waals surface area (Å²) < 4.78 is 19.3. The highest BCUT2D eigenvalue weighted by Gasteiger charge is 2.33. The first kappa shape index (κ1) is 26.4. The summed E-state index contributed by atoms with van der Waals surface area (Å²) in [5.74, 6) is 0.754. The largest absolute Gasteiger partial charge is 0.491 e. The van der Waals surface area contributed by atoms with Gasteiger partial charge in [-0.25, -0.2) is 4.39 Å². The zero-order valence-corrected chi connectivity index (χ0v) is 21.1. The lowest BCUT2D eigenvalue weighted by Crippen LogP contribution is -2.48. The number of hydrogen-bond acceptors (Lipinski definition) is 5. The molecule has 5 nitrogen and oxygen atoms in total. The number of nitrogens with zero attached hydrogens (tertiary/aromatic N) is 2. The van der Waals surface area contributed by atoms with Crippen LogP contribution in [0.1, 0.15) is 49.6 Å². The van der Waals surface area contributed by atoms with E-state index in [2.05, 4.69) is 36.8 Å². The van der Waals surface area contributed by atoms with Gasteiger partial charge in [-0.1, -0.05) is 26.3 Å². The number of allylic oxidation sites excluding steroid dienone is 1. The first-order valence-corrected chi connectivity index (χ1v) is 13.0. The molecule has 3 atom stereocenters. The highest BCUT2D eigenvalue weighted by atomic mass is 32.1. The molecular weight excluding hydrogens is 451 g/mol. The number of benzene rings is 1. The molecule has 7 heteroatoms. The third-order valence-corrected chi connectivity index (χ3v) is 7.43. The fourth-order valence-electron chi connectivity index (χ4n) is 4.34. The number of hydrogen-bond donors (Lipinski definition) is 1. The Morgan fingerprint density at radius 1 is 1.35 bits per heavy atom. The second-order valence-corrected chi connectivity index (χ2v) is 10.1. The number of amides is 1. The van der Waals surface area contributed by atoms with Crippen LogP contribution in [0.3, 0.4) is 0 Å². The summed E-state index contributed by atoms with van der Waals surface area (Å²) >= 11 is 1.71. The molecule has 0 fully saturated rings. The van der Waals surface area contributed by atoms with Crippen molar-refractivity contribution in [1.82, 2.24) is 9.80 Å². The van der Waals surface area contributed by atoms with Crippen molar-refractivity contribution in [2.75, 3.05) is 32.8 Å². The number of fused-ring (bicyclic) bond motifs is 1. The fourth-order valence-corrected chi connectivity index (χ4v) is 5.26. The highest BCUT2D eigenvalue weighted by Crippen LogP contribution is 2.34. The van der Waals surface area contributed by atoms with Gasteiger partial charge in [-0.05, 0) is 66.5 Å². The first-order valence-electron chi connectivity index (χ1n) is 12.2. The van der Waals surface area contributed by atoms with Crippen molar-refractivity contribution in [2.45, 2.75) is 51.7 Å². The van der Waals surface area contributed by atoms with Crippen LogP contribution in [0.4, 0.5) is 4.39 Å². The van der Waals surface area contributed by atoms with E-state index in [-0.39, 0.29) is 24.3 Å². The Bertz CT molecular complexity index is 917. The molecule has 0 unspecified atom stereocenters. The molecule has 0 aliphatic carbocycles. The number of aliphatic hydroxyl groups excluding tert-OH is 1. The summed E-state index contributed by atoms with van der Waals surface area (Å²) in [6, 6.07) is 7.85. The van der Waals surface area contributed by atoms with Gasteiger partial charge in [0.25, 0.3) is 0 Å². The van der Waals surface area contributed by atoms with E-state index in [0.29, 0.717) is 37.8 Å². The molecule has 0 saturated carbocycles. The van der Waals surface area contributed by atoms with Gasteiger partial charge in [-0.15, -0.1) is 17.9 Å². The molecule has 1 aliphatic rings. The van der Waals surface area contributed by atoms with Gasteiger partial charge in [0.05, 0.1) is 18.7 Å². The van der Waals surface area contributed by atoms with Crippen molar-refractivity contribution in [2.24, 2.45) is 5.92 Å². The van der Waals surface area contributed by atoms with E-state index in [9.17, 15) is 14.3 Å². The zero-order valence-electron chi connectivity index (χ0n) is 20.3. The molecule has 0 radical (unpaired) electrons. The Kier molecular flexibility index (Phi) is 10.1. The Labute approximate surface area is 206 Å². The molecule has 2 aromatic rings. The smallest absolute Gasteiger partial charge is 0.237 e. The predicted molar refractivity (Wildman–Crippen MR) is 136 cm³/mol. The Morgan fingerprint density at radius 3 is 2.82 bits per heavy atom. The van der Waals surface area contributed by atoms with Crippen molar-refractivity contribution in [3.05, 3.63) is 64.6 Å². The summed E-state index contributed by atoms with van der Waals surface area (Å²) in [6.45, 7) is 10.5. The van der Waals surface area contributed by atoms with Crippen molar-refractivity contribution >= 4 is 17.2 Å². The summed E-state index contributed by atoms with van der Waals surface area (Å²) in [6.07, 6.45) is 4.57. The van der Waals surface area contributed by atoms with E-state index in [1.54, 1.807) is 23.5 Å². The molecule has 1 aromatic carbocycles. The summed E-state index contributed by atoms with van der Waals surface area (Å²) in [5.41, 5.74) is 1.13. The first-order chi connectivity index (χ1) is 16.4. The minimum atomic E-state index is -0.489. The summed E-state index contributed by atoms with van der Waals surface area (Å²) in [4.78, 5) is 18.8. The number of rotatable bonds is 13. The summed E-state index contributed by atoms with van der Waals surface area (Å²) in [5, 5.41) is 12.5. The number of aliphatic hydroxyl groups is 1. The van der Waals surface area contributed by atoms with E-state index in [0.717, 1.165) is 31.4 Å². The Morgan fingerprint density at radius 2 is 2.12 bits per heavy atom. The third kappa shape index (κ3) is 7.39. The maximum absolute atomic E-state index is 13.6. The standard InChI is InChI=1S/C27H37FN2O3S/c1-4-6-7-22(31)17-29(16-20(3)5-2)18-27(32)30-14-12-26-24(13-15-34-26)25(30)19-33-23-10-8-21(28)9-11-23/h4,8-11,13,15,20,22,25,31H,1,5-7,12,14,16-19H2,2-3H3/t20-,22+,25+/m1/s1. The average Bonchev–Trinajstić information content (AvgIpc) is 3.31. The molecule has 2 heterocycles. The predicted octanol–water partition coefficient (Wildman–Crippen LogP) is 5.07. The fraction of sp³-hybridized carbons (Fsp3) is 0.519. The number of carbonyl (C=O) groups excluding carboxylic acids is 1. The van der Waals surface area contributed by atoms with Crippen molar-refractivity contribution in [3.63, 3.8) is 0 Å².